The summed E-state index contributed by atoms with van der Waals surface area (Å²) < 4.78 is 1.94. The number of para-hydroxylation sites is 1. The van der Waals surface area contributed by atoms with Gasteiger partial charge >= 0.3 is 0 Å². The van der Waals surface area contributed by atoms with Gasteiger partial charge in [-0.3, -0.25) is 9.69 Å². The van der Waals surface area contributed by atoms with Crippen molar-refractivity contribution in [2.45, 2.75) is 26.8 Å². The molecule has 0 radical (unpaired) electrons. The number of carbonyl (C=O) groups is 1. The Kier molecular flexibility index (Phi) is 6.63. The molecule has 31 heavy (non-hydrogen) atoms. The van der Waals surface area contributed by atoms with E-state index in [1.54, 1.807) is 6.08 Å². The highest BCUT2D eigenvalue weighted by Gasteiger charge is 2.18. The zero-order chi connectivity index (χ0) is 21.6. The Hall–Kier alpha value is -3.18. The third kappa shape index (κ3) is 5.12. The van der Waals surface area contributed by atoms with E-state index in [-0.39, 0.29) is 5.91 Å². The van der Waals surface area contributed by atoms with E-state index >= 15 is 0 Å². The summed E-state index contributed by atoms with van der Waals surface area (Å²) in [7, 11) is 0. The second-order valence-electron chi connectivity index (χ2n) is 8.11. The van der Waals surface area contributed by atoms with Crippen LogP contribution in [0, 0.1) is 13.8 Å². The van der Waals surface area contributed by atoms with Gasteiger partial charge in [-0.1, -0.05) is 48.5 Å². The van der Waals surface area contributed by atoms with Gasteiger partial charge in [0.1, 0.15) is 0 Å². The number of aryl methyl sites for hydroxylation is 1. The molecule has 0 atom stereocenters. The summed E-state index contributed by atoms with van der Waals surface area (Å²) in [6.45, 7) is 8.46. The molecule has 1 amide bonds. The van der Waals surface area contributed by atoms with Crippen LogP contribution in [0.25, 0.3) is 11.8 Å². The predicted molar refractivity (Wildman–Crippen MR) is 125 cm³/mol. The summed E-state index contributed by atoms with van der Waals surface area (Å²) in [5, 5.41) is 4.67. The normalized spacial score (nSPS) is 15.4. The Bertz CT molecular complexity index is 1040. The molecule has 1 fully saturated rings. The van der Waals surface area contributed by atoms with Crippen molar-refractivity contribution < 1.29 is 4.79 Å². The van der Waals surface area contributed by atoms with Crippen LogP contribution >= 0.6 is 0 Å². The SMILES string of the molecule is Cc1nn(-c2ccccc2)c(C)c1/C=C/C(=O)N1CCCN(Cc2ccccc2)CC1. The van der Waals surface area contributed by atoms with Gasteiger partial charge < -0.3 is 4.90 Å². The number of amides is 1. The first-order valence-corrected chi connectivity index (χ1v) is 11.0. The molecule has 5 heteroatoms. The fraction of sp³-hybridized carbons (Fsp3) is 0.308. The van der Waals surface area contributed by atoms with E-state index in [1.807, 2.05) is 65.9 Å². The first-order valence-electron chi connectivity index (χ1n) is 11.0. The second-order valence-corrected chi connectivity index (χ2v) is 8.11. The van der Waals surface area contributed by atoms with E-state index in [1.165, 1.54) is 5.56 Å². The summed E-state index contributed by atoms with van der Waals surface area (Å²) in [6.07, 6.45) is 4.63. The van der Waals surface area contributed by atoms with Crippen molar-refractivity contribution >= 4 is 12.0 Å². The van der Waals surface area contributed by atoms with E-state index in [9.17, 15) is 4.79 Å². The van der Waals surface area contributed by atoms with Crippen molar-refractivity contribution in [1.82, 2.24) is 19.6 Å². The minimum absolute atomic E-state index is 0.0767. The minimum Gasteiger partial charge on any atom is -0.338 e. The van der Waals surface area contributed by atoms with Gasteiger partial charge in [0.25, 0.3) is 0 Å². The molecular weight excluding hydrogens is 384 g/mol. The molecular formula is C26H30N4O. The quantitative estimate of drug-likeness (QED) is 0.587. The number of hydrogen-bond acceptors (Lipinski definition) is 3. The lowest BCUT2D eigenvalue weighted by Gasteiger charge is -2.21. The van der Waals surface area contributed by atoms with E-state index in [0.717, 1.165) is 61.8 Å². The lowest BCUT2D eigenvalue weighted by atomic mass is 10.1. The van der Waals surface area contributed by atoms with E-state index in [4.69, 9.17) is 0 Å². The van der Waals surface area contributed by atoms with Crippen LogP contribution in [0.1, 0.15) is 28.9 Å². The number of nitrogens with zero attached hydrogens (tertiary/aromatic N) is 4. The first kappa shape index (κ1) is 21.1. The summed E-state index contributed by atoms with van der Waals surface area (Å²) in [4.78, 5) is 17.3. The maximum atomic E-state index is 12.9. The molecule has 0 aliphatic carbocycles. The molecule has 1 saturated heterocycles. The lowest BCUT2D eigenvalue weighted by Crippen LogP contribution is -2.34. The number of benzene rings is 2. The molecule has 0 unspecified atom stereocenters. The number of aromatic nitrogens is 2. The Morgan fingerprint density at radius 1 is 0.935 bits per heavy atom. The van der Waals surface area contributed by atoms with Crippen molar-refractivity contribution in [3.8, 4) is 5.69 Å². The van der Waals surface area contributed by atoms with Crippen LogP contribution in [0.4, 0.5) is 0 Å². The molecule has 5 nitrogen and oxygen atoms in total. The van der Waals surface area contributed by atoms with Crippen LogP contribution < -0.4 is 0 Å². The maximum absolute atomic E-state index is 12.9. The average molecular weight is 415 g/mol. The van der Waals surface area contributed by atoms with Crippen LogP contribution in [0.3, 0.4) is 0 Å². The largest absolute Gasteiger partial charge is 0.338 e. The van der Waals surface area contributed by atoms with Crippen LogP contribution in [0.2, 0.25) is 0 Å². The van der Waals surface area contributed by atoms with E-state index in [0.29, 0.717) is 0 Å². The monoisotopic (exact) mass is 414 g/mol. The standard InChI is InChI=1S/C26H30N4O/c1-21-25(22(2)30(27-21)24-12-7-4-8-13-24)14-15-26(31)29-17-9-16-28(18-19-29)20-23-10-5-3-6-11-23/h3-8,10-15H,9,16-20H2,1-2H3/b15-14+. The van der Waals surface area contributed by atoms with Gasteiger partial charge in [0.2, 0.25) is 5.91 Å². The highest BCUT2D eigenvalue weighted by molar-refractivity contribution is 5.92. The van der Waals surface area contributed by atoms with E-state index < -0.39 is 0 Å². The van der Waals surface area contributed by atoms with Crippen molar-refractivity contribution in [2.24, 2.45) is 0 Å². The molecule has 0 saturated carbocycles. The molecule has 1 aromatic heterocycles. The second kappa shape index (κ2) is 9.75. The van der Waals surface area contributed by atoms with Crippen molar-refractivity contribution in [3.63, 3.8) is 0 Å². The van der Waals surface area contributed by atoms with Gasteiger partial charge in [-0.25, -0.2) is 4.68 Å². The fourth-order valence-electron chi connectivity index (χ4n) is 4.17. The maximum Gasteiger partial charge on any atom is 0.246 e. The molecule has 160 valence electrons. The van der Waals surface area contributed by atoms with Gasteiger partial charge in [-0.05, 0) is 44.0 Å². The molecule has 2 aromatic carbocycles. The summed E-state index contributed by atoms with van der Waals surface area (Å²) >= 11 is 0. The van der Waals surface area contributed by atoms with Crippen molar-refractivity contribution in [3.05, 3.63) is 89.3 Å². The van der Waals surface area contributed by atoms with Gasteiger partial charge in [-0.15, -0.1) is 0 Å². The molecule has 0 spiro atoms. The molecule has 1 aliphatic heterocycles. The third-order valence-electron chi connectivity index (χ3n) is 5.89. The van der Waals surface area contributed by atoms with Crippen LogP contribution in [-0.4, -0.2) is 51.7 Å². The zero-order valence-electron chi connectivity index (χ0n) is 18.4. The zero-order valence-corrected chi connectivity index (χ0v) is 18.4. The Balaban J connectivity index is 1.40. The van der Waals surface area contributed by atoms with Gasteiger partial charge in [-0.2, -0.15) is 5.10 Å². The summed E-state index contributed by atoms with van der Waals surface area (Å²) in [5.41, 5.74) is 5.33. The number of rotatable bonds is 5. The van der Waals surface area contributed by atoms with Crippen LogP contribution in [-0.2, 0) is 11.3 Å². The van der Waals surface area contributed by atoms with Crippen molar-refractivity contribution in [2.75, 3.05) is 26.2 Å². The molecule has 0 bridgehead atoms. The summed E-state index contributed by atoms with van der Waals surface area (Å²) in [6, 6.07) is 20.6. The van der Waals surface area contributed by atoms with Crippen molar-refractivity contribution in [1.29, 1.82) is 0 Å². The Labute approximate surface area is 184 Å². The molecule has 3 aromatic rings. The Morgan fingerprint density at radius 3 is 2.39 bits per heavy atom. The highest BCUT2D eigenvalue weighted by Crippen LogP contribution is 2.19. The van der Waals surface area contributed by atoms with E-state index in [2.05, 4.69) is 34.3 Å². The van der Waals surface area contributed by atoms with Crippen LogP contribution in [0.15, 0.2) is 66.7 Å². The third-order valence-corrected chi connectivity index (χ3v) is 5.89. The molecule has 0 N–H and O–H groups in total. The lowest BCUT2D eigenvalue weighted by molar-refractivity contribution is -0.125. The predicted octanol–water partition coefficient (Wildman–Crippen LogP) is 4.24. The fourth-order valence-corrected chi connectivity index (χ4v) is 4.17. The smallest absolute Gasteiger partial charge is 0.246 e. The minimum atomic E-state index is 0.0767. The average Bonchev–Trinajstić information content (AvgIpc) is 2.94. The van der Waals surface area contributed by atoms with Crippen LogP contribution in [0.5, 0.6) is 0 Å². The van der Waals surface area contributed by atoms with Gasteiger partial charge in [0, 0.05) is 50.1 Å². The number of carbonyl (C=O) groups excluding carboxylic acids is 1. The number of hydrogen-bond donors (Lipinski definition) is 0. The van der Waals surface area contributed by atoms with Gasteiger partial charge in [0.05, 0.1) is 11.4 Å². The molecule has 1 aliphatic rings. The summed E-state index contributed by atoms with van der Waals surface area (Å²) in [5.74, 6) is 0.0767. The molecule has 2 heterocycles. The first-order chi connectivity index (χ1) is 15.1. The topological polar surface area (TPSA) is 41.4 Å². The van der Waals surface area contributed by atoms with Gasteiger partial charge in [0.15, 0.2) is 0 Å². The highest BCUT2D eigenvalue weighted by atomic mass is 16.2. The molecule has 4 rings (SSSR count). The Morgan fingerprint density at radius 2 is 1.65 bits per heavy atom.